The van der Waals surface area contributed by atoms with E-state index in [0.29, 0.717) is 0 Å². The predicted molar refractivity (Wildman–Crippen MR) is 77.8 cm³/mol. The third-order valence-corrected chi connectivity index (χ3v) is 3.93. The van der Waals surface area contributed by atoms with Gasteiger partial charge in [0.2, 0.25) is 5.91 Å². The van der Waals surface area contributed by atoms with E-state index in [4.69, 9.17) is 0 Å². The molecular formula is C15H17NOS. The van der Waals surface area contributed by atoms with Gasteiger partial charge in [-0.25, -0.2) is 0 Å². The van der Waals surface area contributed by atoms with E-state index in [1.54, 1.807) is 11.3 Å². The van der Waals surface area contributed by atoms with Crippen LogP contribution < -0.4 is 5.32 Å². The number of para-hydroxylation sites is 1. The highest BCUT2D eigenvalue weighted by Gasteiger charge is 2.13. The van der Waals surface area contributed by atoms with Crippen molar-refractivity contribution in [3.05, 3.63) is 41.8 Å². The lowest BCUT2D eigenvalue weighted by Crippen LogP contribution is -2.19. The third-order valence-electron chi connectivity index (χ3n) is 3.03. The quantitative estimate of drug-likeness (QED) is 0.866. The maximum atomic E-state index is 12.0. The van der Waals surface area contributed by atoms with Gasteiger partial charge in [0, 0.05) is 22.0 Å². The molecule has 1 aromatic heterocycles. The highest BCUT2D eigenvalue weighted by molar-refractivity contribution is 7.13. The molecule has 0 saturated heterocycles. The minimum Gasteiger partial charge on any atom is -0.325 e. The second-order valence-corrected chi connectivity index (χ2v) is 5.27. The minimum atomic E-state index is 0.0430. The van der Waals surface area contributed by atoms with Crippen molar-refractivity contribution in [3.63, 3.8) is 0 Å². The SMILES string of the molecule is CC[C@H](C)C(=O)Nc1ccccc1-c1cccs1. The molecule has 0 aliphatic carbocycles. The first-order chi connectivity index (χ1) is 8.72. The Balaban J connectivity index is 2.26. The van der Waals surface area contributed by atoms with E-state index in [1.165, 1.54) is 4.88 Å². The number of amides is 1. The van der Waals surface area contributed by atoms with E-state index >= 15 is 0 Å². The van der Waals surface area contributed by atoms with Gasteiger partial charge in [0.05, 0.1) is 0 Å². The molecule has 0 unspecified atom stereocenters. The normalized spacial score (nSPS) is 12.1. The number of benzene rings is 1. The summed E-state index contributed by atoms with van der Waals surface area (Å²) in [6.07, 6.45) is 0.854. The summed E-state index contributed by atoms with van der Waals surface area (Å²) in [6.45, 7) is 3.97. The molecule has 0 radical (unpaired) electrons. The third kappa shape index (κ3) is 2.79. The highest BCUT2D eigenvalue weighted by Crippen LogP contribution is 2.31. The second kappa shape index (κ2) is 5.83. The topological polar surface area (TPSA) is 29.1 Å². The Morgan fingerprint density at radius 2 is 2.06 bits per heavy atom. The zero-order chi connectivity index (χ0) is 13.0. The molecule has 1 N–H and O–H groups in total. The first-order valence-corrected chi connectivity index (χ1v) is 7.04. The summed E-state index contributed by atoms with van der Waals surface area (Å²) in [6, 6.07) is 12.0. The largest absolute Gasteiger partial charge is 0.325 e. The number of anilines is 1. The van der Waals surface area contributed by atoms with Crippen LogP contribution in [0.1, 0.15) is 20.3 Å². The van der Waals surface area contributed by atoms with Crippen LogP contribution in [0.3, 0.4) is 0 Å². The van der Waals surface area contributed by atoms with Gasteiger partial charge < -0.3 is 5.32 Å². The fraction of sp³-hybridized carbons (Fsp3) is 0.267. The Labute approximate surface area is 112 Å². The Bertz CT molecular complexity index is 519. The lowest BCUT2D eigenvalue weighted by molar-refractivity contribution is -0.119. The zero-order valence-electron chi connectivity index (χ0n) is 10.6. The summed E-state index contributed by atoms with van der Waals surface area (Å²) < 4.78 is 0. The number of rotatable bonds is 4. The second-order valence-electron chi connectivity index (χ2n) is 4.32. The molecule has 3 heteroatoms. The van der Waals surface area contributed by atoms with E-state index in [1.807, 2.05) is 49.6 Å². The number of hydrogen-bond donors (Lipinski definition) is 1. The van der Waals surface area contributed by atoms with Crippen molar-refractivity contribution in [2.45, 2.75) is 20.3 Å². The molecule has 0 saturated carbocycles. The van der Waals surface area contributed by atoms with Crippen molar-refractivity contribution in [2.24, 2.45) is 5.92 Å². The molecule has 18 heavy (non-hydrogen) atoms. The van der Waals surface area contributed by atoms with Crippen LogP contribution in [0.25, 0.3) is 10.4 Å². The van der Waals surface area contributed by atoms with Gasteiger partial charge >= 0.3 is 0 Å². The fourth-order valence-corrected chi connectivity index (χ4v) is 2.45. The van der Waals surface area contributed by atoms with Gasteiger partial charge in [-0.05, 0) is 23.9 Å². The Morgan fingerprint density at radius 3 is 2.72 bits per heavy atom. The van der Waals surface area contributed by atoms with Gasteiger partial charge in [0.25, 0.3) is 0 Å². The Hall–Kier alpha value is -1.61. The van der Waals surface area contributed by atoms with E-state index in [-0.39, 0.29) is 11.8 Å². The first kappa shape index (κ1) is 12.8. The van der Waals surface area contributed by atoms with Gasteiger partial charge in [-0.1, -0.05) is 38.1 Å². The summed E-state index contributed by atoms with van der Waals surface area (Å²) >= 11 is 1.68. The molecular weight excluding hydrogens is 242 g/mol. The average Bonchev–Trinajstić information content (AvgIpc) is 2.92. The van der Waals surface area contributed by atoms with Crippen LogP contribution in [-0.4, -0.2) is 5.91 Å². The smallest absolute Gasteiger partial charge is 0.227 e. The summed E-state index contributed by atoms with van der Waals surface area (Å²) in [4.78, 5) is 13.1. The van der Waals surface area contributed by atoms with Crippen molar-refractivity contribution < 1.29 is 4.79 Å². The van der Waals surface area contributed by atoms with Crippen LogP contribution in [0, 0.1) is 5.92 Å². The molecule has 0 bridgehead atoms. The maximum absolute atomic E-state index is 12.0. The Kier molecular flexibility index (Phi) is 4.15. The van der Waals surface area contributed by atoms with E-state index in [0.717, 1.165) is 17.7 Å². The molecule has 0 spiro atoms. The molecule has 1 heterocycles. The van der Waals surface area contributed by atoms with Crippen molar-refractivity contribution in [1.82, 2.24) is 0 Å². The van der Waals surface area contributed by atoms with E-state index in [2.05, 4.69) is 11.4 Å². The van der Waals surface area contributed by atoms with Gasteiger partial charge in [0.1, 0.15) is 0 Å². The number of hydrogen-bond acceptors (Lipinski definition) is 2. The van der Waals surface area contributed by atoms with Gasteiger partial charge in [-0.2, -0.15) is 0 Å². The predicted octanol–water partition coefficient (Wildman–Crippen LogP) is 4.40. The molecule has 1 atom stereocenters. The van der Waals surface area contributed by atoms with Crippen LogP contribution >= 0.6 is 11.3 Å². The molecule has 1 amide bonds. The molecule has 2 rings (SSSR count). The van der Waals surface area contributed by atoms with Crippen LogP contribution in [0.2, 0.25) is 0 Å². The van der Waals surface area contributed by atoms with Gasteiger partial charge in [-0.15, -0.1) is 11.3 Å². The standard InChI is InChI=1S/C15H17NOS/c1-3-11(2)15(17)16-13-8-5-4-7-12(13)14-9-6-10-18-14/h4-11H,3H2,1-2H3,(H,16,17)/t11-/m0/s1. The van der Waals surface area contributed by atoms with E-state index < -0.39 is 0 Å². The molecule has 0 aliphatic heterocycles. The zero-order valence-corrected chi connectivity index (χ0v) is 11.5. The van der Waals surface area contributed by atoms with Crippen LogP contribution in [-0.2, 0) is 4.79 Å². The summed E-state index contributed by atoms with van der Waals surface area (Å²) in [5.41, 5.74) is 1.98. The lowest BCUT2D eigenvalue weighted by Gasteiger charge is -2.13. The highest BCUT2D eigenvalue weighted by atomic mass is 32.1. The molecule has 0 aliphatic rings. The maximum Gasteiger partial charge on any atom is 0.227 e. The summed E-state index contributed by atoms with van der Waals surface area (Å²) in [5.74, 6) is 0.128. The Morgan fingerprint density at radius 1 is 1.28 bits per heavy atom. The van der Waals surface area contributed by atoms with Crippen molar-refractivity contribution >= 4 is 22.9 Å². The van der Waals surface area contributed by atoms with Gasteiger partial charge in [0.15, 0.2) is 0 Å². The van der Waals surface area contributed by atoms with Crippen LogP contribution in [0.15, 0.2) is 41.8 Å². The number of nitrogens with one attached hydrogen (secondary N) is 1. The van der Waals surface area contributed by atoms with Crippen molar-refractivity contribution in [1.29, 1.82) is 0 Å². The fourth-order valence-electron chi connectivity index (χ4n) is 1.68. The molecule has 1 aromatic carbocycles. The van der Waals surface area contributed by atoms with E-state index in [9.17, 15) is 4.79 Å². The summed E-state index contributed by atoms with van der Waals surface area (Å²) in [5, 5.41) is 5.06. The number of thiophene rings is 1. The monoisotopic (exact) mass is 259 g/mol. The van der Waals surface area contributed by atoms with Crippen LogP contribution in [0.4, 0.5) is 5.69 Å². The van der Waals surface area contributed by atoms with Crippen molar-refractivity contribution in [2.75, 3.05) is 5.32 Å². The molecule has 94 valence electrons. The minimum absolute atomic E-state index is 0.0430. The summed E-state index contributed by atoms with van der Waals surface area (Å²) in [7, 11) is 0. The van der Waals surface area contributed by atoms with Gasteiger partial charge in [-0.3, -0.25) is 4.79 Å². The number of carbonyl (C=O) groups excluding carboxylic acids is 1. The molecule has 0 fully saturated rings. The van der Waals surface area contributed by atoms with Crippen LogP contribution in [0.5, 0.6) is 0 Å². The number of carbonyl (C=O) groups is 1. The molecule has 2 nitrogen and oxygen atoms in total. The first-order valence-electron chi connectivity index (χ1n) is 6.16. The van der Waals surface area contributed by atoms with Crippen molar-refractivity contribution in [3.8, 4) is 10.4 Å². The molecule has 2 aromatic rings. The lowest BCUT2D eigenvalue weighted by atomic mass is 10.1. The average molecular weight is 259 g/mol.